The zero-order valence-corrected chi connectivity index (χ0v) is 10.9. The van der Waals surface area contributed by atoms with Crippen LogP contribution in [0.5, 0.6) is 0 Å². The van der Waals surface area contributed by atoms with Gasteiger partial charge in [0.25, 0.3) is 0 Å². The van der Waals surface area contributed by atoms with Crippen LogP contribution < -0.4 is 5.32 Å². The van der Waals surface area contributed by atoms with Gasteiger partial charge in [-0.3, -0.25) is 4.79 Å². The molecule has 0 radical (unpaired) electrons. The second-order valence-corrected chi connectivity index (χ2v) is 5.56. The number of rotatable bonds is 5. The highest BCUT2D eigenvalue weighted by Crippen LogP contribution is 2.32. The van der Waals surface area contributed by atoms with Crippen molar-refractivity contribution in [3.05, 3.63) is 0 Å². The maximum absolute atomic E-state index is 11.8. The van der Waals surface area contributed by atoms with E-state index < -0.39 is 0 Å². The fourth-order valence-corrected chi connectivity index (χ4v) is 2.86. The van der Waals surface area contributed by atoms with Crippen LogP contribution in [0, 0.1) is 11.8 Å². The molecule has 0 aromatic heterocycles. The lowest BCUT2D eigenvalue weighted by Gasteiger charge is -2.24. The Hall–Kier alpha value is -0.570. The summed E-state index contributed by atoms with van der Waals surface area (Å²) < 4.78 is 4.94. The SMILES string of the molecule is COC(=O)C1CCCCCC1NCCC1CC1. The minimum absolute atomic E-state index is 0.0178. The van der Waals surface area contributed by atoms with E-state index in [1.165, 1.54) is 45.6 Å². The maximum atomic E-state index is 11.8. The van der Waals surface area contributed by atoms with Crippen molar-refractivity contribution in [3.8, 4) is 0 Å². The first-order valence-corrected chi connectivity index (χ1v) is 7.12. The van der Waals surface area contributed by atoms with Gasteiger partial charge in [0.05, 0.1) is 13.0 Å². The molecule has 0 bridgehead atoms. The van der Waals surface area contributed by atoms with Gasteiger partial charge in [0.2, 0.25) is 0 Å². The minimum atomic E-state index is -0.0178. The number of hydrogen-bond acceptors (Lipinski definition) is 3. The van der Waals surface area contributed by atoms with E-state index >= 15 is 0 Å². The van der Waals surface area contributed by atoms with E-state index in [-0.39, 0.29) is 11.9 Å². The molecule has 17 heavy (non-hydrogen) atoms. The Bertz CT molecular complexity index is 251. The number of esters is 1. The van der Waals surface area contributed by atoms with E-state index in [0.717, 1.165) is 25.3 Å². The summed E-state index contributed by atoms with van der Waals surface area (Å²) in [5, 5.41) is 3.60. The molecule has 0 heterocycles. The first-order chi connectivity index (χ1) is 8.31. The van der Waals surface area contributed by atoms with E-state index in [0.29, 0.717) is 6.04 Å². The lowest BCUT2D eigenvalue weighted by Crippen LogP contribution is -2.40. The van der Waals surface area contributed by atoms with Crippen molar-refractivity contribution in [3.63, 3.8) is 0 Å². The van der Waals surface area contributed by atoms with Gasteiger partial charge in [-0.2, -0.15) is 0 Å². The zero-order valence-electron chi connectivity index (χ0n) is 10.9. The van der Waals surface area contributed by atoms with Gasteiger partial charge in [-0.1, -0.05) is 32.1 Å². The Morgan fingerprint density at radius 1 is 1.18 bits per heavy atom. The molecule has 2 fully saturated rings. The largest absolute Gasteiger partial charge is 0.469 e. The van der Waals surface area contributed by atoms with Gasteiger partial charge in [-0.25, -0.2) is 0 Å². The van der Waals surface area contributed by atoms with Crippen LogP contribution in [0.15, 0.2) is 0 Å². The van der Waals surface area contributed by atoms with Crippen molar-refractivity contribution in [1.82, 2.24) is 5.32 Å². The van der Waals surface area contributed by atoms with E-state index in [2.05, 4.69) is 5.32 Å². The molecule has 0 aliphatic heterocycles. The Morgan fingerprint density at radius 3 is 2.65 bits per heavy atom. The highest BCUT2D eigenvalue weighted by Gasteiger charge is 2.30. The molecule has 0 aromatic rings. The van der Waals surface area contributed by atoms with Crippen LogP contribution in [-0.4, -0.2) is 25.7 Å². The van der Waals surface area contributed by atoms with Gasteiger partial charge >= 0.3 is 5.97 Å². The molecule has 0 aromatic carbocycles. The lowest BCUT2D eigenvalue weighted by atomic mass is 9.94. The van der Waals surface area contributed by atoms with Crippen molar-refractivity contribution < 1.29 is 9.53 Å². The fourth-order valence-electron chi connectivity index (χ4n) is 2.86. The quantitative estimate of drug-likeness (QED) is 0.592. The maximum Gasteiger partial charge on any atom is 0.310 e. The molecule has 0 amide bonds. The molecule has 3 heteroatoms. The molecule has 2 rings (SSSR count). The van der Waals surface area contributed by atoms with Crippen LogP contribution in [0.1, 0.15) is 51.4 Å². The van der Waals surface area contributed by atoms with Crippen LogP contribution in [0.3, 0.4) is 0 Å². The number of carbonyl (C=O) groups excluding carboxylic acids is 1. The third kappa shape index (κ3) is 3.98. The molecule has 2 unspecified atom stereocenters. The van der Waals surface area contributed by atoms with Crippen molar-refractivity contribution in [1.29, 1.82) is 0 Å². The summed E-state index contributed by atoms with van der Waals surface area (Å²) in [6.07, 6.45) is 9.89. The molecule has 0 saturated heterocycles. The highest BCUT2D eigenvalue weighted by atomic mass is 16.5. The third-order valence-corrected chi connectivity index (χ3v) is 4.18. The average Bonchev–Trinajstić information content (AvgIpc) is 3.15. The normalized spacial score (nSPS) is 29.7. The van der Waals surface area contributed by atoms with Crippen molar-refractivity contribution in [2.24, 2.45) is 11.8 Å². The van der Waals surface area contributed by atoms with E-state index in [1.54, 1.807) is 0 Å². The molecule has 2 saturated carbocycles. The molecular weight excluding hydrogens is 214 g/mol. The lowest BCUT2D eigenvalue weighted by molar-refractivity contribution is -0.146. The summed E-state index contributed by atoms with van der Waals surface area (Å²) in [6.45, 7) is 1.07. The van der Waals surface area contributed by atoms with Crippen LogP contribution in [-0.2, 0) is 9.53 Å². The van der Waals surface area contributed by atoms with E-state index in [4.69, 9.17) is 4.74 Å². The summed E-state index contributed by atoms with van der Waals surface area (Å²) in [4.78, 5) is 11.8. The summed E-state index contributed by atoms with van der Waals surface area (Å²) >= 11 is 0. The summed E-state index contributed by atoms with van der Waals surface area (Å²) in [5.74, 6) is 1.03. The average molecular weight is 239 g/mol. The molecule has 2 aliphatic carbocycles. The Balaban J connectivity index is 1.81. The third-order valence-electron chi connectivity index (χ3n) is 4.18. The van der Waals surface area contributed by atoms with Gasteiger partial charge in [-0.15, -0.1) is 0 Å². The number of hydrogen-bond donors (Lipinski definition) is 1. The highest BCUT2D eigenvalue weighted by molar-refractivity contribution is 5.73. The molecule has 2 atom stereocenters. The summed E-state index contributed by atoms with van der Waals surface area (Å²) in [5.41, 5.74) is 0. The Labute approximate surface area is 104 Å². The number of carbonyl (C=O) groups is 1. The molecule has 0 spiro atoms. The minimum Gasteiger partial charge on any atom is -0.469 e. The van der Waals surface area contributed by atoms with Crippen LogP contribution in [0.25, 0.3) is 0 Å². The predicted molar refractivity (Wildman–Crippen MR) is 67.7 cm³/mol. The van der Waals surface area contributed by atoms with Gasteiger partial charge in [-0.05, 0) is 31.7 Å². The van der Waals surface area contributed by atoms with Crippen molar-refractivity contribution >= 4 is 5.97 Å². The molecule has 98 valence electrons. The fraction of sp³-hybridized carbons (Fsp3) is 0.929. The van der Waals surface area contributed by atoms with Gasteiger partial charge in [0.15, 0.2) is 0 Å². The van der Waals surface area contributed by atoms with Crippen molar-refractivity contribution in [2.45, 2.75) is 57.4 Å². The standard InChI is InChI=1S/C14H25NO2/c1-17-14(16)12-5-3-2-4-6-13(12)15-10-9-11-7-8-11/h11-13,15H,2-10H2,1H3. The Kier molecular flexibility index (Phi) is 4.84. The predicted octanol–water partition coefficient (Wildman–Crippen LogP) is 2.50. The summed E-state index contributed by atoms with van der Waals surface area (Å²) in [7, 11) is 1.51. The van der Waals surface area contributed by atoms with Gasteiger partial charge < -0.3 is 10.1 Å². The van der Waals surface area contributed by atoms with E-state index in [1.807, 2.05) is 0 Å². The zero-order chi connectivity index (χ0) is 12.1. The number of nitrogens with one attached hydrogen (secondary N) is 1. The van der Waals surface area contributed by atoms with E-state index in [9.17, 15) is 4.79 Å². The van der Waals surface area contributed by atoms with Crippen LogP contribution >= 0.6 is 0 Å². The van der Waals surface area contributed by atoms with Crippen molar-refractivity contribution in [2.75, 3.05) is 13.7 Å². The molecule has 1 N–H and O–H groups in total. The first kappa shape index (κ1) is 12.9. The van der Waals surface area contributed by atoms with Gasteiger partial charge in [0.1, 0.15) is 0 Å². The molecule has 2 aliphatic rings. The topological polar surface area (TPSA) is 38.3 Å². The monoisotopic (exact) mass is 239 g/mol. The van der Waals surface area contributed by atoms with Crippen LogP contribution in [0.4, 0.5) is 0 Å². The number of methoxy groups -OCH3 is 1. The second kappa shape index (κ2) is 6.39. The first-order valence-electron chi connectivity index (χ1n) is 7.12. The number of ether oxygens (including phenoxy) is 1. The second-order valence-electron chi connectivity index (χ2n) is 5.56. The van der Waals surface area contributed by atoms with Gasteiger partial charge in [0, 0.05) is 6.04 Å². The molecule has 3 nitrogen and oxygen atoms in total. The van der Waals surface area contributed by atoms with Crippen LogP contribution in [0.2, 0.25) is 0 Å². The Morgan fingerprint density at radius 2 is 1.94 bits per heavy atom. The smallest absolute Gasteiger partial charge is 0.310 e. The molecular formula is C14H25NO2. The summed E-state index contributed by atoms with van der Waals surface area (Å²) in [6, 6.07) is 0.351.